The number of carbonyl (C=O) groups excluding carboxylic acids is 1. The van der Waals surface area contributed by atoms with Gasteiger partial charge in [-0.05, 0) is 42.8 Å². The molecule has 1 rings (SSSR count). The monoisotopic (exact) mass is 364 g/mol. The van der Waals surface area contributed by atoms with Crippen LogP contribution in [0.1, 0.15) is 20.8 Å². The van der Waals surface area contributed by atoms with E-state index in [4.69, 9.17) is 5.11 Å². The Labute approximate surface area is 129 Å². The molecule has 1 aromatic carbocycles. The van der Waals surface area contributed by atoms with Crippen LogP contribution >= 0.6 is 15.9 Å². The molecule has 21 heavy (non-hydrogen) atoms. The van der Waals surface area contributed by atoms with E-state index < -0.39 is 35.7 Å². The zero-order chi connectivity index (χ0) is 16.4. The molecule has 0 radical (unpaired) electrons. The molecule has 0 aliphatic heterocycles. The summed E-state index contributed by atoms with van der Waals surface area (Å²) in [5.74, 6) is -2.78. The van der Waals surface area contributed by atoms with E-state index in [2.05, 4.69) is 21.2 Å². The standard InChI is InChI=1S/C13H15BrF2N2O3/c1-13(2,3)18(6-11(19)20)12(21)17-10-5-8(15)7(14)4-9(10)16/h4-5H,6H2,1-3H3,(H,17,21)(H,19,20). The van der Waals surface area contributed by atoms with Gasteiger partial charge >= 0.3 is 12.0 Å². The van der Waals surface area contributed by atoms with Gasteiger partial charge < -0.3 is 15.3 Å². The van der Waals surface area contributed by atoms with Crippen molar-refractivity contribution in [1.29, 1.82) is 0 Å². The van der Waals surface area contributed by atoms with Crippen molar-refractivity contribution in [3.8, 4) is 0 Å². The third-order valence-corrected chi connectivity index (χ3v) is 3.21. The van der Waals surface area contributed by atoms with E-state index in [1.807, 2.05) is 0 Å². The highest BCUT2D eigenvalue weighted by Crippen LogP contribution is 2.24. The molecular formula is C13H15BrF2N2O3. The number of halogens is 3. The van der Waals surface area contributed by atoms with Crippen molar-refractivity contribution < 1.29 is 23.5 Å². The van der Waals surface area contributed by atoms with Crippen LogP contribution in [0.5, 0.6) is 0 Å². The maximum atomic E-state index is 13.7. The number of urea groups is 1. The number of hydrogen-bond donors (Lipinski definition) is 2. The van der Waals surface area contributed by atoms with Crippen LogP contribution in [0.4, 0.5) is 19.3 Å². The number of carboxylic acids is 1. The van der Waals surface area contributed by atoms with Crippen LogP contribution in [0.2, 0.25) is 0 Å². The van der Waals surface area contributed by atoms with Gasteiger partial charge in [-0.15, -0.1) is 0 Å². The fourth-order valence-corrected chi connectivity index (χ4v) is 1.87. The number of rotatable bonds is 3. The first-order chi connectivity index (χ1) is 9.52. The summed E-state index contributed by atoms with van der Waals surface area (Å²) in [6, 6.07) is 0.869. The third kappa shape index (κ3) is 4.66. The minimum Gasteiger partial charge on any atom is -0.480 e. The highest BCUT2D eigenvalue weighted by molar-refractivity contribution is 9.10. The van der Waals surface area contributed by atoms with Crippen molar-refractivity contribution in [1.82, 2.24) is 4.90 Å². The van der Waals surface area contributed by atoms with Crippen molar-refractivity contribution in [3.05, 3.63) is 28.2 Å². The number of aliphatic carboxylic acids is 1. The first-order valence-corrected chi connectivity index (χ1v) is 6.76. The van der Waals surface area contributed by atoms with Crippen molar-refractivity contribution in [2.24, 2.45) is 0 Å². The summed E-state index contributed by atoms with van der Waals surface area (Å²) in [6.45, 7) is 4.34. The maximum Gasteiger partial charge on any atom is 0.323 e. The number of amides is 2. The molecule has 5 nitrogen and oxygen atoms in total. The summed E-state index contributed by atoms with van der Waals surface area (Å²) in [5, 5.41) is 11.0. The number of benzene rings is 1. The normalized spacial score (nSPS) is 11.1. The average Bonchev–Trinajstić information content (AvgIpc) is 2.31. The summed E-state index contributed by atoms with van der Waals surface area (Å²) >= 11 is 2.82. The molecular weight excluding hydrogens is 350 g/mol. The molecule has 0 aliphatic carbocycles. The van der Waals surface area contributed by atoms with Crippen LogP contribution in [0.15, 0.2) is 16.6 Å². The van der Waals surface area contributed by atoms with Crippen molar-refractivity contribution in [3.63, 3.8) is 0 Å². The number of nitrogens with zero attached hydrogens (tertiary/aromatic N) is 1. The topological polar surface area (TPSA) is 69.6 Å². The van der Waals surface area contributed by atoms with Crippen molar-refractivity contribution in [2.45, 2.75) is 26.3 Å². The Hall–Kier alpha value is -1.70. The zero-order valence-corrected chi connectivity index (χ0v) is 13.3. The van der Waals surface area contributed by atoms with Crippen LogP contribution in [0.3, 0.4) is 0 Å². The van der Waals surface area contributed by atoms with Crippen LogP contribution in [-0.4, -0.2) is 34.1 Å². The fraction of sp³-hybridized carbons (Fsp3) is 0.385. The first kappa shape index (κ1) is 17.4. The molecule has 0 heterocycles. The second-order valence-corrected chi connectivity index (χ2v) is 6.18. The Morgan fingerprint density at radius 3 is 2.33 bits per heavy atom. The van der Waals surface area contributed by atoms with E-state index in [0.717, 1.165) is 17.0 Å². The van der Waals surface area contributed by atoms with E-state index in [1.165, 1.54) is 0 Å². The van der Waals surface area contributed by atoms with Crippen LogP contribution in [-0.2, 0) is 4.79 Å². The fourth-order valence-electron chi connectivity index (χ4n) is 1.55. The molecule has 2 N–H and O–H groups in total. The minimum atomic E-state index is -1.21. The minimum absolute atomic E-state index is 0.0730. The third-order valence-electron chi connectivity index (χ3n) is 2.60. The Morgan fingerprint density at radius 1 is 1.29 bits per heavy atom. The Balaban J connectivity index is 3.02. The van der Waals surface area contributed by atoms with Gasteiger partial charge in [0.1, 0.15) is 18.2 Å². The SMILES string of the molecule is CC(C)(C)N(CC(=O)O)C(=O)Nc1cc(F)c(Br)cc1F. The number of anilines is 1. The van der Waals surface area contributed by atoms with Crippen LogP contribution in [0.25, 0.3) is 0 Å². The predicted octanol–water partition coefficient (Wildman–Crippen LogP) is 3.44. The van der Waals surface area contributed by atoms with Gasteiger partial charge in [-0.25, -0.2) is 13.6 Å². The van der Waals surface area contributed by atoms with Gasteiger partial charge in [0.05, 0.1) is 10.2 Å². The second kappa shape index (κ2) is 6.38. The zero-order valence-electron chi connectivity index (χ0n) is 11.7. The molecule has 8 heteroatoms. The molecule has 0 saturated heterocycles. The Kier molecular flexibility index (Phi) is 5.27. The lowest BCUT2D eigenvalue weighted by molar-refractivity contribution is -0.138. The van der Waals surface area contributed by atoms with Crippen LogP contribution < -0.4 is 5.32 Å². The molecule has 0 spiro atoms. The molecule has 0 fully saturated rings. The molecule has 2 amide bonds. The summed E-state index contributed by atoms with van der Waals surface area (Å²) in [7, 11) is 0. The number of hydrogen-bond acceptors (Lipinski definition) is 2. The van der Waals surface area contributed by atoms with Gasteiger partial charge in [0.15, 0.2) is 0 Å². The van der Waals surface area contributed by atoms with E-state index in [9.17, 15) is 18.4 Å². The highest BCUT2D eigenvalue weighted by atomic mass is 79.9. The number of carbonyl (C=O) groups is 2. The molecule has 0 aliphatic rings. The van der Waals surface area contributed by atoms with Gasteiger partial charge in [0.25, 0.3) is 0 Å². The van der Waals surface area contributed by atoms with Crippen molar-refractivity contribution >= 4 is 33.6 Å². The van der Waals surface area contributed by atoms with E-state index in [0.29, 0.717) is 0 Å². The molecule has 116 valence electrons. The molecule has 0 atom stereocenters. The van der Waals surface area contributed by atoms with Gasteiger partial charge in [-0.1, -0.05) is 0 Å². The number of carboxylic acid groups (broad SMARTS) is 1. The molecule has 0 saturated carbocycles. The lowest BCUT2D eigenvalue weighted by Gasteiger charge is -2.34. The van der Waals surface area contributed by atoms with Gasteiger partial charge in [0, 0.05) is 11.6 Å². The molecule has 0 bridgehead atoms. The van der Waals surface area contributed by atoms with E-state index in [-0.39, 0.29) is 10.2 Å². The predicted molar refractivity (Wildman–Crippen MR) is 77.2 cm³/mol. The lowest BCUT2D eigenvalue weighted by Crippen LogP contribution is -2.50. The highest BCUT2D eigenvalue weighted by Gasteiger charge is 2.29. The molecule has 0 unspecified atom stereocenters. The summed E-state index contributed by atoms with van der Waals surface area (Å²) < 4.78 is 27.0. The number of nitrogens with one attached hydrogen (secondary N) is 1. The summed E-state index contributed by atoms with van der Waals surface area (Å²) in [5.41, 5.74) is -1.16. The smallest absolute Gasteiger partial charge is 0.323 e. The van der Waals surface area contributed by atoms with Gasteiger partial charge in [0.2, 0.25) is 0 Å². The largest absolute Gasteiger partial charge is 0.480 e. The Bertz CT molecular complexity index is 573. The van der Waals surface area contributed by atoms with E-state index in [1.54, 1.807) is 20.8 Å². The quantitative estimate of drug-likeness (QED) is 0.807. The molecule has 1 aromatic rings. The van der Waals surface area contributed by atoms with Crippen molar-refractivity contribution in [2.75, 3.05) is 11.9 Å². The lowest BCUT2D eigenvalue weighted by atomic mass is 10.1. The summed E-state index contributed by atoms with van der Waals surface area (Å²) in [4.78, 5) is 23.9. The summed E-state index contributed by atoms with van der Waals surface area (Å²) in [6.07, 6.45) is 0. The second-order valence-electron chi connectivity index (χ2n) is 5.33. The van der Waals surface area contributed by atoms with E-state index >= 15 is 0 Å². The van der Waals surface area contributed by atoms with Gasteiger partial charge in [-0.2, -0.15) is 0 Å². The van der Waals surface area contributed by atoms with Gasteiger partial charge in [-0.3, -0.25) is 4.79 Å². The van der Waals surface area contributed by atoms with Crippen LogP contribution in [0, 0.1) is 11.6 Å². The average molecular weight is 365 g/mol. The Morgan fingerprint density at radius 2 is 1.86 bits per heavy atom. The maximum absolute atomic E-state index is 13.7. The molecule has 0 aromatic heterocycles. The first-order valence-electron chi connectivity index (χ1n) is 5.97.